The molecule has 2 rings (SSSR count). The molecule has 0 amide bonds. The van der Waals surface area contributed by atoms with Crippen LogP contribution in [-0.4, -0.2) is 40.3 Å². The fourth-order valence-corrected chi connectivity index (χ4v) is 1.92. The summed E-state index contributed by atoms with van der Waals surface area (Å²) >= 11 is 0. The van der Waals surface area contributed by atoms with Crippen LogP contribution in [0.5, 0.6) is 0 Å². The lowest BCUT2D eigenvalue weighted by Gasteiger charge is -2.32. The Balaban J connectivity index is 2.37. The summed E-state index contributed by atoms with van der Waals surface area (Å²) in [6, 6.07) is 0. The Labute approximate surface area is 92.0 Å². The second-order valence-electron chi connectivity index (χ2n) is 3.90. The van der Waals surface area contributed by atoms with Crippen LogP contribution in [0.15, 0.2) is 23.3 Å². The first-order valence-electron chi connectivity index (χ1n) is 4.98. The van der Waals surface area contributed by atoms with Gasteiger partial charge in [-0.25, -0.2) is 0 Å². The number of carbonyl (C=O) groups is 2. The average Bonchev–Trinajstić information content (AvgIpc) is 2.22. The summed E-state index contributed by atoms with van der Waals surface area (Å²) < 4.78 is 5.02. The lowest BCUT2D eigenvalue weighted by molar-refractivity contribution is -0.155. The zero-order valence-electron chi connectivity index (χ0n) is 8.71. The highest BCUT2D eigenvalue weighted by Gasteiger charge is 2.37. The van der Waals surface area contributed by atoms with Crippen molar-refractivity contribution in [3.63, 3.8) is 0 Å². The smallest absolute Gasteiger partial charge is 0.186 e. The van der Waals surface area contributed by atoms with Crippen molar-refractivity contribution in [2.75, 3.05) is 0 Å². The Bertz CT molecular complexity index is 407. The van der Waals surface area contributed by atoms with Gasteiger partial charge in [0.05, 0.1) is 11.7 Å². The van der Waals surface area contributed by atoms with Crippen molar-refractivity contribution in [3.8, 4) is 0 Å². The molecule has 0 fully saturated rings. The van der Waals surface area contributed by atoms with E-state index >= 15 is 0 Å². The number of carbonyl (C=O) groups excluding carboxylic acids is 2. The minimum atomic E-state index is -1.43. The Hall–Kier alpha value is -1.30. The van der Waals surface area contributed by atoms with Gasteiger partial charge in [-0.1, -0.05) is 0 Å². The molecule has 0 aromatic rings. The molecule has 3 atom stereocenters. The van der Waals surface area contributed by atoms with Crippen molar-refractivity contribution in [1.29, 1.82) is 0 Å². The van der Waals surface area contributed by atoms with Gasteiger partial charge in [0, 0.05) is 6.42 Å². The molecule has 0 bridgehead atoms. The van der Waals surface area contributed by atoms with Crippen LogP contribution in [-0.2, 0) is 14.3 Å². The van der Waals surface area contributed by atoms with Gasteiger partial charge in [-0.3, -0.25) is 9.59 Å². The number of ether oxygens (including phenoxy) is 1. The molecule has 1 aliphatic carbocycles. The molecule has 3 unspecified atom stereocenters. The minimum Gasteiger partial charge on any atom is -0.385 e. The standard InChI is InChI=1S/C11H12O5/c1-5(12)9-4-6-7(13)2-3-8(14)10(6)11(15)16-9/h2-3,7,9,11,13,15H,4H2,1H3. The van der Waals surface area contributed by atoms with E-state index in [0.717, 1.165) is 0 Å². The molecular formula is C11H12O5. The fourth-order valence-electron chi connectivity index (χ4n) is 1.92. The summed E-state index contributed by atoms with van der Waals surface area (Å²) in [7, 11) is 0. The van der Waals surface area contributed by atoms with Crippen LogP contribution in [0.4, 0.5) is 0 Å². The summed E-state index contributed by atoms with van der Waals surface area (Å²) in [5, 5.41) is 19.3. The van der Waals surface area contributed by atoms with E-state index in [9.17, 15) is 19.8 Å². The molecule has 0 aromatic carbocycles. The predicted octanol–water partition coefficient (Wildman–Crippen LogP) is -0.521. The van der Waals surface area contributed by atoms with Gasteiger partial charge in [-0.15, -0.1) is 0 Å². The van der Waals surface area contributed by atoms with Crippen LogP contribution in [0.1, 0.15) is 13.3 Å². The Morgan fingerprint density at radius 1 is 1.50 bits per heavy atom. The monoisotopic (exact) mass is 224 g/mol. The molecule has 0 saturated carbocycles. The first kappa shape index (κ1) is 11.2. The van der Waals surface area contributed by atoms with Gasteiger partial charge in [-0.05, 0) is 24.6 Å². The zero-order chi connectivity index (χ0) is 11.9. The third-order valence-electron chi connectivity index (χ3n) is 2.80. The molecule has 5 heteroatoms. The third kappa shape index (κ3) is 1.73. The highest BCUT2D eigenvalue weighted by atomic mass is 16.6. The van der Waals surface area contributed by atoms with Gasteiger partial charge in [0.2, 0.25) is 0 Å². The zero-order valence-corrected chi connectivity index (χ0v) is 8.71. The van der Waals surface area contributed by atoms with Crippen molar-refractivity contribution in [1.82, 2.24) is 0 Å². The summed E-state index contributed by atoms with van der Waals surface area (Å²) in [6.45, 7) is 1.34. The largest absolute Gasteiger partial charge is 0.385 e. The Morgan fingerprint density at radius 3 is 2.81 bits per heavy atom. The van der Waals surface area contributed by atoms with Crippen molar-refractivity contribution in [3.05, 3.63) is 23.3 Å². The molecule has 16 heavy (non-hydrogen) atoms. The highest BCUT2D eigenvalue weighted by molar-refractivity contribution is 6.06. The number of hydrogen-bond acceptors (Lipinski definition) is 5. The quantitative estimate of drug-likeness (QED) is 0.626. The van der Waals surface area contributed by atoms with Crippen LogP contribution in [0.25, 0.3) is 0 Å². The molecule has 0 aromatic heterocycles. The number of aliphatic hydroxyl groups excluding tert-OH is 2. The van der Waals surface area contributed by atoms with Gasteiger partial charge in [-0.2, -0.15) is 0 Å². The van der Waals surface area contributed by atoms with E-state index < -0.39 is 18.5 Å². The van der Waals surface area contributed by atoms with Gasteiger partial charge < -0.3 is 14.9 Å². The van der Waals surface area contributed by atoms with E-state index in [1.54, 1.807) is 0 Å². The van der Waals surface area contributed by atoms with Crippen LogP contribution in [0, 0.1) is 0 Å². The number of allylic oxidation sites excluding steroid dienone is 1. The molecule has 1 aliphatic heterocycles. The number of rotatable bonds is 1. The lowest BCUT2D eigenvalue weighted by atomic mass is 9.87. The van der Waals surface area contributed by atoms with Crippen LogP contribution in [0.2, 0.25) is 0 Å². The molecule has 2 aliphatic rings. The maximum absolute atomic E-state index is 11.5. The average molecular weight is 224 g/mol. The topological polar surface area (TPSA) is 83.8 Å². The van der Waals surface area contributed by atoms with Gasteiger partial charge in [0.1, 0.15) is 6.10 Å². The number of Topliss-reactive ketones (excluding diaryl/α,β-unsaturated/α-hetero) is 1. The van der Waals surface area contributed by atoms with E-state index in [2.05, 4.69) is 0 Å². The number of aliphatic hydroxyl groups is 2. The van der Waals surface area contributed by atoms with Crippen molar-refractivity contribution in [2.24, 2.45) is 0 Å². The Kier molecular flexibility index (Phi) is 2.75. The molecule has 0 radical (unpaired) electrons. The highest BCUT2D eigenvalue weighted by Crippen LogP contribution is 2.31. The summed E-state index contributed by atoms with van der Waals surface area (Å²) in [4.78, 5) is 22.6. The van der Waals surface area contributed by atoms with Crippen LogP contribution < -0.4 is 0 Å². The van der Waals surface area contributed by atoms with Crippen molar-refractivity contribution in [2.45, 2.75) is 31.8 Å². The molecular weight excluding hydrogens is 212 g/mol. The minimum absolute atomic E-state index is 0.0625. The third-order valence-corrected chi connectivity index (χ3v) is 2.80. The van der Waals surface area contributed by atoms with Crippen LogP contribution >= 0.6 is 0 Å². The molecule has 2 N–H and O–H groups in total. The van der Waals surface area contributed by atoms with E-state index in [1.165, 1.54) is 19.1 Å². The maximum atomic E-state index is 11.5. The first-order valence-corrected chi connectivity index (χ1v) is 4.98. The lowest BCUT2D eigenvalue weighted by Crippen LogP contribution is -2.40. The fraction of sp³-hybridized carbons (Fsp3) is 0.455. The number of hydrogen-bond donors (Lipinski definition) is 2. The van der Waals surface area contributed by atoms with E-state index in [0.29, 0.717) is 5.57 Å². The predicted molar refractivity (Wildman–Crippen MR) is 53.4 cm³/mol. The number of ketones is 2. The van der Waals surface area contributed by atoms with Gasteiger partial charge >= 0.3 is 0 Å². The summed E-state index contributed by atoms with van der Waals surface area (Å²) in [5.74, 6) is -0.616. The summed E-state index contributed by atoms with van der Waals surface area (Å²) in [5.41, 5.74) is 0.443. The van der Waals surface area contributed by atoms with E-state index in [1.807, 2.05) is 0 Å². The molecule has 86 valence electrons. The maximum Gasteiger partial charge on any atom is 0.186 e. The van der Waals surface area contributed by atoms with Crippen LogP contribution in [0.3, 0.4) is 0 Å². The molecule has 0 spiro atoms. The normalized spacial score (nSPS) is 33.9. The second-order valence-corrected chi connectivity index (χ2v) is 3.90. The van der Waals surface area contributed by atoms with E-state index in [4.69, 9.17) is 4.74 Å². The van der Waals surface area contributed by atoms with E-state index in [-0.39, 0.29) is 23.6 Å². The Morgan fingerprint density at radius 2 is 2.19 bits per heavy atom. The van der Waals surface area contributed by atoms with Gasteiger partial charge in [0.25, 0.3) is 0 Å². The SMILES string of the molecule is CC(=O)C1CC2=C(C(=O)C=CC2O)C(O)O1. The molecule has 1 heterocycles. The summed E-state index contributed by atoms with van der Waals surface area (Å²) in [6.07, 6.45) is -0.444. The van der Waals surface area contributed by atoms with Crippen molar-refractivity contribution >= 4 is 11.6 Å². The molecule has 5 nitrogen and oxygen atoms in total. The molecule has 0 saturated heterocycles. The van der Waals surface area contributed by atoms with Crippen molar-refractivity contribution < 1.29 is 24.5 Å². The first-order chi connectivity index (χ1) is 7.50. The van der Waals surface area contributed by atoms with Gasteiger partial charge in [0.15, 0.2) is 17.9 Å². The second kappa shape index (κ2) is 3.93.